The van der Waals surface area contributed by atoms with E-state index in [9.17, 15) is 9.59 Å². The number of hydrogen-bond donors (Lipinski definition) is 0. The van der Waals surface area contributed by atoms with Crippen molar-refractivity contribution in [1.29, 1.82) is 0 Å². The lowest BCUT2D eigenvalue weighted by Gasteiger charge is -2.38. The van der Waals surface area contributed by atoms with Crippen molar-refractivity contribution in [2.45, 2.75) is 12.6 Å². The molecular formula is C15H16N8O2. The summed E-state index contributed by atoms with van der Waals surface area (Å²) in [5.41, 5.74) is 0.649. The maximum atomic E-state index is 12.4. The number of amides is 1. The van der Waals surface area contributed by atoms with Gasteiger partial charge in [-0.05, 0) is 12.1 Å². The largest absolute Gasteiger partial charge is 0.334 e. The first kappa shape index (κ1) is 15.2. The summed E-state index contributed by atoms with van der Waals surface area (Å²) < 4.78 is 3.14. The molecule has 1 saturated heterocycles. The molecule has 128 valence electrons. The maximum absolute atomic E-state index is 12.4. The fourth-order valence-electron chi connectivity index (χ4n) is 2.75. The fraction of sp³-hybridized carbons (Fsp3) is 0.333. The summed E-state index contributed by atoms with van der Waals surface area (Å²) in [6.45, 7) is 1.45. The van der Waals surface area contributed by atoms with Crippen molar-refractivity contribution in [2.24, 2.45) is 7.05 Å². The van der Waals surface area contributed by atoms with Crippen LogP contribution in [0.4, 0.5) is 0 Å². The van der Waals surface area contributed by atoms with Gasteiger partial charge in [-0.1, -0.05) is 5.21 Å². The lowest BCUT2D eigenvalue weighted by Crippen LogP contribution is -2.52. The summed E-state index contributed by atoms with van der Waals surface area (Å²) in [5, 5.41) is 16.3. The minimum Gasteiger partial charge on any atom is -0.334 e. The Morgan fingerprint density at radius 3 is 2.80 bits per heavy atom. The number of rotatable bonds is 4. The van der Waals surface area contributed by atoms with Gasteiger partial charge in [-0.25, -0.2) is 4.68 Å². The molecule has 10 nitrogen and oxygen atoms in total. The molecule has 0 radical (unpaired) electrons. The van der Waals surface area contributed by atoms with E-state index in [-0.39, 0.29) is 23.1 Å². The Bertz CT molecular complexity index is 952. The highest BCUT2D eigenvalue weighted by Gasteiger charge is 2.34. The summed E-state index contributed by atoms with van der Waals surface area (Å²) in [4.78, 5) is 27.6. The van der Waals surface area contributed by atoms with Crippen molar-refractivity contribution >= 4 is 5.91 Å². The number of aromatic nitrogens is 7. The highest BCUT2D eigenvalue weighted by molar-refractivity contribution is 5.94. The van der Waals surface area contributed by atoms with Crippen LogP contribution in [0.25, 0.3) is 0 Å². The zero-order valence-electron chi connectivity index (χ0n) is 13.6. The molecule has 0 unspecified atom stereocenters. The number of aryl methyl sites for hydroxylation is 1. The molecule has 4 heterocycles. The Morgan fingerprint density at radius 1 is 1.28 bits per heavy atom. The van der Waals surface area contributed by atoms with E-state index < -0.39 is 0 Å². The lowest BCUT2D eigenvalue weighted by atomic mass is 10.1. The van der Waals surface area contributed by atoms with E-state index in [1.165, 1.54) is 9.36 Å². The van der Waals surface area contributed by atoms with Gasteiger partial charge in [0.2, 0.25) is 0 Å². The van der Waals surface area contributed by atoms with Gasteiger partial charge in [0.05, 0.1) is 24.6 Å². The third-order valence-electron chi connectivity index (χ3n) is 4.21. The number of carbonyl (C=O) groups is 1. The number of nitrogens with zero attached hydrogens (tertiary/aromatic N) is 8. The van der Waals surface area contributed by atoms with Crippen LogP contribution >= 0.6 is 0 Å². The monoisotopic (exact) mass is 340 g/mol. The first-order valence-corrected chi connectivity index (χ1v) is 7.81. The molecule has 0 saturated carbocycles. The van der Waals surface area contributed by atoms with E-state index in [0.29, 0.717) is 19.6 Å². The van der Waals surface area contributed by atoms with E-state index in [2.05, 4.69) is 20.5 Å². The zero-order chi connectivity index (χ0) is 17.4. The van der Waals surface area contributed by atoms with E-state index in [1.54, 1.807) is 47.4 Å². The molecule has 0 atom stereocenters. The summed E-state index contributed by atoms with van der Waals surface area (Å²) in [6.07, 6.45) is 6.67. The molecule has 10 heteroatoms. The van der Waals surface area contributed by atoms with Crippen molar-refractivity contribution in [2.75, 3.05) is 13.1 Å². The van der Waals surface area contributed by atoms with Gasteiger partial charge in [-0.2, -0.15) is 15.0 Å². The quantitative estimate of drug-likeness (QED) is 0.623. The van der Waals surface area contributed by atoms with Crippen LogP contribution in [0.3, 0.4) is 0 Å². The molecular weight excluding hydrogens is 324 g/mol. The van der Waals surface area contributed by atoms with E-state index in [4.69, 9.17) is 0 Å². The molecule has 3 aromatic rings. The predicted molar refractivity (Wildman–Crippen MR) is 85.8 cm³/mol. The average molecular weight is 340 g/mol. The first-order chi connectivity index (χ1) is 12.1. The van der Waals surface area contributed by atoms with E-state index >= 15 is 0 Å². The number of hydrogen-bond acceptors (Lipinski definition) is 6. The standard InChI is InChI=1S/C15H16N8O2/c1-20-6-2-3-13(14(20)24)15(25)21-9-12(10-21)22-7-11(18-19-22)8-23-16-4-5-17-23/h2-7,12H,8-10H2,1H3. The van der Waals surface area contributed by atoms with Crippen LogP contribution in [-0.4, -0.2) is 58.5 Å². The molecule has 0 N–H and O–H groups in total. The van der Waals surface area contributed by atoms with Gasteiger partial charge < -0.3 is 9.47 Å². The smallest absolute Gasteiger partial charge is 0.263 e. The Balaban J connectivity index is 1.40. The molecule has 1 amide bonds. The van der Waals surface area contributed by atoms with Crippen LogP contribution in [0.5, 0.6) is 0 Å². The zero-order valence-corrected chi connectivity index (χ0v) is 13.6. The van der Waals surface area contributed by atoms with Crippen molar-refractivity contribution in [3.8, 4) is 0 Å². The second-order valence-electron chi connectivity index (χ2n) is 5.95. The van der Waals surface area contributed by atoms with Gasteiger partial charge >= 0.3 is 0 Å². The third-order valence-corrected chi connectivity index (χ3v) is 4.21. The minimum atomic E-state index is -0.286. The predicted octanol–water partition coefficient (Wildman–Crippen LogP) is -0.686. The maximum Gasteiger partial charge on any atom is 0.263 e. The van der Waals surface area contributed by atoms with Crippen molar-refractivity contribution in [3.05, 3.63) is 58.5 Å². The van der Waals surface area contributed by atoms with Crippen LogP contribution < -0.4 is 5.56 Å². The van der Waals surface area contributed by atoms with Crippen LogP contribution in [0.2, 0.25) is 0 Å². The lowest BCUT2D eigenvalue weighted by molar-refractivity contribution is 0.0496. The Kier molecular flexibility index (Phi) is 3.64. The fourth-order valence-corrected chi connectivity index (χ4v) is 2.75. The Morgan fingerprint density at radius 2 is 2.04 bits per heavy atom. The van der Waals surface area contributed by atoms with Gasteiger partial charge in [-0.3, -0.25) is 9.59 Å². The van der Waals surface area contributed by atoms with Crippen molar-refractivity contribution in [3.63, 3.8) is 0 Å². The summed E-state index contributed by atoms with van der Waals surface area (Å²) in [6, 6.07) is 3.31. The Labute approximate surface area is 142 Å². The van der Waals surface area contributed by atoms with Crippen molar-refractivity contribution < 1.29 is 4.79 Å². The van der Waals surface area contributed by atoms with Crippen LogP contribution in [0.1, 0.15) is 22.1 Å². The SMILES string of the molecule is Cn1cccc(C(=O)N2CC(n3cc(Cn4nccn4)nn3)C2)c1=O. The highest BCUT2D eigenvalue weighted by atomic mass is 16.2. The molecule has 1 aliphatic rings. The molecule has 1 aliphatic heterocycles. The van der Waals surface area contributed by atoms with Gasteiger partial charge in [0.15, 0.2) is 0 Å². The molecule has 25 heavy (non-hydrogen) atoms. The molecule has 4 rings (SSSR count). The van der Waals surface area contributed by atoms with Crippen molar-refractivity contribution in [1.82, 2.24) is 39.5 Å². The molecule has 3 aromatic heterocycles. The number of pyridine rings is 1. The van der Waals surface area contributed by atoms with Crippen LogP contribution in [0, 0.1) is 0 Å². The van der Waals surface area contributed by atoms with Gasteiger partial charge in [0, 0.05) is 26.3 Å². The third kappa shape index (κ3) is 2.82. The minimum absolute atomic E-state index is 0.0587. The average Bonchev–Trinajstić information content (AvgIpc) is 3.21. The number of carbonyl (C=O) groups excluding carboxylic acids is 1. The Hall–Kier alpha value is -3.30. The normalized spacial score (nSPS) is 14.5. The number of likely N-dealkylation sites (tertiary alicyclic amines) is 1. The molecule has 0 aromatic carbocycles. The molecule has 1 fully saturated rings. The van der Waals surface area contributed by atoms with Gasteiger partial charge in [0.25, 0.3) is 11.5 Å². The first-order valence-electron chi connectivity index (χ1n) is 7.81. The highest BCUT2D eigenvalue weighted by Crippen LogP contribution is 2.21. The van der Waals surface area contributed by atoms with Gasteiger partial charge in [-0.15, -0.1) is 5.10 Å². The topological polar surface area (TPSA) is 104 Å². The molecule has 0 aliphatic carbocycles. The second kappa shape index (κ2) is 5.96. The van der Waals surface area contributed by atoms with Crippen LogP contribution in [-0.2, 0) is 13.6 Å². The second-order valence-corrected chi connectivity index (χ2v) is 5.95. The molecule has 0 bridgehead atoms. The summed E-state index contributed by atoms with van der Waals surface area (Å²) in [7, 11) is 1.63. The summed E-state index contributed by atoms with van der Waals surface area (Å²) >= 11 is 0. The van der Waals surface area contributed by atoms with Gasteiger partial charge in [0.1, 0.15) is 17.8 Å². The van der Waals surface area contributed by atoms with Crippen LogP contribution in [0.15, 0.2) is 41.7 Å². The van der Waals surface area contributed by atoms with E-state index in [0.717, 1.165) is 5.69 Å². The van der Waals surface area contributed by atoms with E-state index in [1.807, 2.05) is 6.20 Å². The molecule has 0 spiro atoms. The summed E-state index contributed by atoms with van der Waals surface area (Å²) in [5.74, 6) is -0.251.